The fourth-order valence-corrected chi connectivity index (χ4v) is 14.9. The van der Waals surface area contributed by atoms with E-state index >= 15 is 9.59 Å². The zero-order valence-electron chi connectivity index (χ0n) is 54.2. The van der Waals surface area contributed by atoms with Crippen molar-refractivity contribution in [2.45, 2.75) is 235 Å². The van der Waals surface area contributed by atoms with Gasteiger partial charge in [0.25, 0.3) is 0 Å². The van der Waals surface area contributed by atoms with Crippen LogP contribution in [-0.4, -0.2) is 227 Å². The van der Waals surface area contributed by atoms with Crippen LogP contribution in [0.3, 0.4) is 0 Å². The lowest BCUT2D eigenvalue weighted by atomic mass is 9.78. The summed E-state index contributed by atoms with van der Waals surface area (Å²) < 4.78 is 41.7. The molecule has 0 bridgehead atoms. The molecule has 22 nitrogen and oxygen atoms in total. The molecule has 0 radical (unpaired) electrons. The van der Waals surface area contributed by atoms with E-state index in [2.05, 4.69) is 21.3 Å². The molecule has 26 heteroatoms. The maximum atomic E-state index is 15.2. The van der Waals surface area contributed by atoms with Gasteiger partial charge in [-0.2, -0.15) is 13.2 Å². The number of hydrogen-bond acceptors (Lipinski definition) is 11. The van der Waals surface area contributed by atoms with E-state index in [-0.39, 0.29) is 88.5 Å². The molecule has 89 heavy (non-hydrogen) atoms. The topological polar surface area (TPSA) is 259 Å². The van der Waals surface area contributed by atoms with Gasteiger partial charge in [0, 0.05) is 66.7 Å². The van der Waals surface area contributed by atoms with Gasteiger partial charge in [-0.25, -0.2) is 0 Å². The number of amides is 11. The van der Waals surface area contributed by atoms with Crippen LogP contribution < -0.4 is 21.3 Å². The van der Waals surface area contributed by atoms with Gasteiger partial charge < -0.3 is 55.6 Å². The van der Waals surface area contributed by atoms with E-state index in [1.807, 2.05) is 6.92 Å². The number of fused-ring (bicyclic) bond motifs is 1. The summed E-state index contributed by atoms with van der Waals surface area (Å²) in [4.78, 5) is 168. The summed E-state index contributed by atoms with van der Waals surface area (Å²) >= 11 is 6.36. The van der Waals surface area contributed by atoms with E-state index < -0.39 is 156 Å². The van der Waals surface area contributed by atoms with E-state index in [1.54, 1.807) is 20.9 Å². The molecule has 4 saturated carbocycles. The Kier molecular flexibility index (Phi) is 26.0. The van der Waals surface area contributed by atoms with Crippen LogP contribution in [0.5, 0.6) is 0 Å². The van der Waals surface area contributed by atoms with Gasteiger partial charge in [-0.15, -0.1) is 11.6 Å². The van der Waals surface area contributed by atoms with Crippen molar-refractivity contribution in [2.75, 3.05) is 68.5 Å². The molecule has 6 fully saturated rings. The van der Waals surface area contributed by atoms with Gasteiger partial charge >= 0.3 is 6.18 Å². The molecule has 1 spiro atoms. The zero-order chi connectivity index (χ0) is 65.8. The Morgan fingerprint density at radius 3 is 1.84 bits per heavy atom. The molecule has 4 aliphatic carbocycles. The molecule has 3 unspecified atom stereocenters. The molecule has 502 valence electrons. The van der Waals surface area contributed by atoms with Crippen molar-refractivity contribution in [3.63, 3.8) is 0 Å². The first-order valence-corrected chi connectivity index (χ1v) is 33.1. The van der Waals surface area contributed by atoms with Crippen LogP contribution in [0.2, 0.25) is 0 Å². The van der Waals surface area contributed by atoms with Gasteiger partial charge in [0.15, 0.2) is 0 Å². The average molecular weight is 1280 g/mol. The fourth-order valence-electron chi connectivity index (χ4n) is 14.4. The van der Waals surface area contributed by atoms with Crippen LogP contribution in [-0.2, 0) is 52.7 Å². The first-order valence-electron chi connectivity index (χ1n) is 32.6. The van der Waals surface area contributed by atoms with Crippen molar-refractivity contribution in [1.82, 2.24) is 55.6 Å². The van der Waals surface area contributed by atoms with Gasteiger partial charge in [0.2, 0.25) is 65.0 Å². The third-order valence-electron chi connectivity index (χ3n) is 20.4. The Labute approximate surface area is 528 Å². The van der Waals surface area contributed by atoms with E-state index in [4.69, 9.17) is 11.6 Å². The molecule has 0 aromatic carbocycles. The highest BCUT2D eigenvalue weighted by molar-refractivity contribution is 6.20. The number of hydrogen-bond donors (Lipinski definition) is 4. The second kappa shape index (κ2) is 32.0. The SMILES string of the molecule is CC[C@H](C)[C@@H]1NC(=O)[C@H](C)N(C)C(=O)C[C@@H](C)NC(=O)[C@H](C2CCCC2)N(C)C(=O)C2(CCCC2)NC(=O)[C@@H]2CCCN2C(=O)[C@H](CCC2CCC(C(F)(F)F)C(Cl)C2)NC(=O)CN(C)C(=O)[C@H](CC2CCCCC2)N(C)C(=O)CN(C)C(=O)CN(C)C1=O. The minimum atomic E-state index is -4.49. The molecule has 11 amide bonds. The van der Waals surface area contributed by atoms with Crippen LogP contribution >= 0.6 is 11.6 Å². The normalized spacial score (nSPS) is 31.0. The van der Waals surface area contributed by atoms with Gasteiger partial charge in [-0.1, -0.05) is 78.1 Å². The maximum Gasteiger partial charge on any atom is 0.393 e. The smallest absolute Gasteiger partial charge is 0.351 e. The maximum absolute atomic E-state index is 15.2. The number of carbonyl (C=O) groups excluding carboxylic acids is 11. The molecule has 6 rings (SSSR count). The summed E-state index contributed by atoms with van der Waals surface area (Å²) in [6.45, 7) is 5.32. The first-order chi connectivity index (χ1) is 41.9. The second-order valence-corrected chi connectivity index (χ2v) is 27.5. The van der Waals surface area contributed by atoms with E-state index in [1.165, 1.54) is 61.8 Å². The molecule has 4 N–H and O–H groups in total. The van der Waals surface area contributed by atoms with Gasteiger partial charge in [-0.3, -0.25) is 52.7 Å². The lowest BCUT2D eigenvalue weighted by Gasteiger charge is -2.40. The van der Waals surface area contributed by atoms with Crippen molar-refractivity contribution in [3.8, 4) is 0 Å². The summed E-state index contributed by atoms with van der Waals surface area (Å²) in [6.07, 6.45) is 5.76. The van der Waals surface area contributed by atoms with Crippen LogP contribution in [0.25, 0.3) is 0 Å². The summed E-state index contributed by atoms with van der Waals surface area (Å²) in [5.74, 6) is -9.14. The summed E-state index contributed by atoms with van der Waals surface area (Å²) in [6, 6.07) is -7.45. The van der Waals surface area contributed by atoms with E-state index in [0.717, 1.165) is 59.6 Å². The third-order valence-corrected chi connectivity index (χ3v) is 20.9. The van der Waals surface area contributed by atoms with Crippen molar-refractivity contribution in [3.05, 3.63) is 0 Å². The molecule has 6 aliphatic rings. The molecule has 0 aromatic rings. The number of halogens is 4. The molecule has 2 saturated heterocycles. The highest BCUT2D eigenvalue weighted by Gasteiger charge is 2.51. The number of rotatable bonds is 8. The summed E-state index contributed by atoms with van der Waals surface area (Å²) in [5, 5.41) is 10.4. The fraction of sp³-hybridized carbons (Fsp3) is 0.825. The van der Waals surface area contributed by atoms with Gasteiger partial charge in [0.1, 0.15) is 41.8 Å². The Morgan fingerprint density at radius 2 is 1.22 bits per heavy atom. The Hall–Kier alpha value is -5.75. The van der Waals surface area contributed by atoms with Crippen molar-refractivity contribution >= 4 is 76.6 Å². The average Bonchev–Trinajstić information content (AvgIpc) is 2.96. The van der Waals surface area contributed by atoms with Crippen LogP contribution in [0.15, 0.2) is 0 Å². The highest BCUT2D eigenvalue weighted by atomic mass is 35.5. The standard InChI is InChI=1S/C63H101ClF3N11O11/c1-11-38(2)53-60(88)74(7)36-51(81)72(5)37-52(82)76(9)48(34-41-20-13-12-14-21-41)59(87)73(6)35-49(79)69-46(28-26-42-25-27-44(45(64)33-42)63(65,66)67)58(86)78-31-19-24-47(78)56(84)71-62(29-17-18-30-62)61(89)77(10)54(43-22-15-16-23-43)57(85)68-39(3)32-50(80)75(8)40(4)55(83)70-53/h38-48,53-54H,11-37H2,1-10H3,(H,68,85)(H,69,79)(H,70,83)(H,71,84)/t38-,39+,40-,42?,44?,45?,46-,47-,48-,53-,54-/m0/s1. The zero-order valence-corrected chi connectivity index (χ0v) is 55.0. The number of nitrogens with zero attached hydrogens (tertiary/aromatic N) is 7. The van der Waals surface area contributed by atoms with Crippen LogP contribution in [0.4, 0.5) is 13.2 Å². The lowest BCUT2D eigenvalue weighted by Crippen LogP contribution is -2.64. The highest BCUT2D eigenvalue weighted by Crippen LogP contribution is 2.44. The minimum absolute atomic E-state index is 0.0189. The van der Waals surface area contributed by atoms with Gasteiger partial charge in [-0.05, 0) is 115 Å². The molecular weight excluding hydrogens is 1180 g/mol. The van der Waals surface area contributed by atoms with Crippen molar-refractivity contribution in [1.29, 1.82) is 0 Å². The number of nitrogens with one attached hydrogen (secondary N) is 4. The number of likely N-dealkylation sites (N-methyl/N-ethyl adjacent to an activating group) is 6. The predicted molar refractivity (Wildman–Crippen MR) is 327 cm³/mol. The van der Waals surface area contributed by atoms with Crippen molar-refractivity contribution < 1.29 is 65.9 Å². The van der Waals surface area contributed by atoms with Crippen LogP contribution in [0, 0.1) is 29.6 Å². The Bertz CT molecular complexity index is 2550. The molecule has 0 aromatic heterocycles. The third kappa shape index (κ3) is 18.5. The second-order valence-electron chi connectivity index (χ2n) is 27.0. The summed E-state index contributed by atoms with van der Waals surface area (Å²) in [5.41, 5.74) is -1.45. The summed E-state index contributed by atoms with van der Waals surface area (Å²) in [7, 11) is 8.63. The van der Waals surface area contributed by atoms with E-state index in [9.17, 15) is 56.3 Å². The van der Waals surface area contributed by atoms with Crippen LogP contribution in [0.1, 0.15) is 175 Å². The lowest BCUT2D eigenvalue weighted by molar-refractivity contribution is -0.182. The van der Waals surface area contributed by atoms with E-state index in [0.29, 0.717) is 38.5 Å². The first kappa shape index (κ1) is 72.3. The molecule has 2 aliphatic heterocycles. The monoisotopic (exact) mass is 1280 g/mol. The van der Waals surface area contributed by atoms with Gasteiger partial charge in [0.05, 0.1) is 25.6 Å². The number of carbonyl (C=O) groups is 11. The Balaban J connectivity index is 1.33. The predicted octanol–water partition coefficient (Wildman–Crippen LogP) is 4.73. The quantitative estimate of drug-likeness (QED) is 0.242. The largest absolute Gasteiger partial charge is 0.393 e. The minimum Gasteiger partial charge on any atom is -0.351 e. The number of alkyl halides is 4. The van der Waals surface area contributed by atoms with Crippen molar-refractivity contribution in [2.24, 2.45) is 29.6 Å². The molecular formula is C63H101ClF3N11O11. The molecule has 11 atom stereocenters. The Morgan fingerprint density at radius 1 is 0.607 bits per heavy atom. The molecule has 2 heterocycles.